The Balaban J connectivity index is 2.40. The fraction of sp³-hybridized carbons (Fsp3) is 0.500. The minimum atomic E-state index is -0.489. The SMILES string of the molecule is C[C@@H](C/C=C/c1cncc(N)n1)NC(=O)OC(C)(C)C. The van der Waals surface area contributed by atoms with Gasteiger partial charge in [0.2, 0.25) is 0 Å². The lowest BCUT2D eigenvalue weighted by Gasteiger charge is -2.21. The zero-order valence-electron chi connectivity index (χ0n) is 12.4. The van der Waals surface area contributed by atoms with Crippen molar-refractivity contribution in [3.8, 4) is 0 Å². The van der Waals surface area contributed by atoms with Crippen LogP contribution in [-0.4, -0.2) is 27.7 Å². The monoisotopic (exact) mass is 278 g/mol. The van der Waals surface area contributed by atoms with Crippen LogP contribution in [0.1, 0.15) is 39.8 Å². The van der Waals surface area contributed by atoms with Crippen molar-refractivity contribution in [3.63, 3.8) is 0 Å². The zero-order valence-corrected chi connectivity index (χ0v) is 12.4. The van der Waals surface area contributed by atoms with Crippen molar-refractivity contribution in [2.24, 2.45) is 0 Å². The van der Waals surface area contributed by atoms with Crippen LogP contribution in [0, 0.1) is 0 Å². The molecule has 0 aliphatic heterocycles. The summed E-state index contributed by atoms with van der Waals surface area (Å²) in [6.07, 6.45) is 7.09. The number of ether oxygens (including phenoxy) is 1. The number of hydrogen-bond acceptors (Lipinski definition) is 5. The van der Waals surface area contributed by atoms with Crippen molar-refractivity contribution in [1.82, 2.24) is 15.3 Å². The molecule has 0 radical (unpaired) electrons. The van der Waals surface area contributed by atoms with Crippen molar-refractivity contribution < 1.29 is 9.53 Å². The largest absolute Gasteiger partial charge is 0.444 e. The third-order valence-electron chi connectivity index (χ3n) is 2.21. The first-order chi connectivity index (χ1) is 9.26. The fourth-order valence-corrected chi connectivity index (χ4v) is 1.44. The van der Waals surface area contributed by atoms with Crippen molar-refractivity contribution in [3.05, 3.63) is 24.2 Å². The molecular formula is C14H22N4O2. The van der Waals surface area contributed by atoms with Gasteiger partial charge in [0.15, 0.2) is 0 Å². The number of nitrogens with one attached hydrogen (secondary N) is 1. The maximum Gasteiger partial charge on any atom is 0.407 e. The van der Waals surface area contributed by atoms with Crippen LogP contribution in [0.25, 0.3) is 6.08 Å². The van der Waals surface area contributed by atoms with Gasteiger partial charge < -0.3 is 15.8 Å². The van der Waals surface area contributed by atoms with Crippen LogP contribution in [-0.2, 0) is 4.74 Å². The van der Waals surface area contributed by atoms with Gasteiger partial charge in [-0.1, -0.05) is 6.08 Å². The molecule has 0 fully saturated rings. The lowest BCUT2D eigenvalue weighted by molar-refractivity contribution is 0.0509. The number of rotatable bonds is 4. The van der Waals surface area contributed by atoms with E-state index in [4.69, 9.17) is 10.5 Å². The fourth-order valence-electron chi connectivity index (χ4n) is 1.44. The first-order valence-corrected chi connectivity index (χ1v) is 6.50. The molecule has 1 aromatic heterocycles. The summed E-state index contributed by atoms with van der Waals surface area (Å²) < 4.78 is 5.18. The molecule has 1 atom stereocenters. The second-order valence-electron chi connectivity index (χ2n) is 5.55. The van der Waals surface area contributed by atoms with Gasteiger partial charge in [-0.15, -0.1) is 0 Å². The number of nitrogens with two attached hydrogens (primary N) is 1. The predicted octanol–water partition coefficient (Wildman–Crippen LogP) is 2.38. The minimum Gasteiger partial charge on any atom is -0.444 e. The summed E-state index contributed by atoms with van der Waals surface area (Å²) in [6, 6.07) is -0.0323. The van der Waals surface area contributed by atoms with E-state index in [1.807, 2.05) is 39.8 Å². The smallest absolute Gasteiger partial charge is 0.407 e. The second kappa shape index (κ2) is 6.88. The first-order valence-electron chi connectivity index (χ1n) is 6.50. The van der Waals surface area contributed by atoms with Gasteiger partial charge >= 0.3 is 6.09 Å². The zero-order chi connectivity index (χ0) is 15.2. The van der Waals surface area contributed by atoms with Gasteiger partial charge in [-0.3, -0.25) is 4.98 Å². The van der Waals surface area contributed by atoms with E-state index in [2.05, 4.69) is 15.3 Å². The topological polar surface area (TPSA) is 90.1 Å². The number of aromatic nitrogens is 2. The number of anilines is 1. The Labute approximate surface area is 119 Å². The Hall–Kier alpha value is -2.11. The molecule has 0 aromatic carbocycles. The standard InChI is InChI=1S/C14H22N4O2/c1-10(17-13(19)20-14(2,3)4)6-5-7-11-8-16-9-12(15)18-11/h5,7-10H,6H2,1-4H3,(H2,15,18)(H,17,19)/b7-5+/t10-/m0/s1. The minimum absolute atomic E-state index is 0.0323. The molecule has 1 aromatic rings. The van der Waals surface area contributed by atoms with E-state index < -0.39 is 11.7 Å². The number of carbonyl (C=O) groups excluding carboxylic acids is 1. The van der Waals surface area contributed by atoms with Crippen LogP contribution in [0.4, 0.5) is 10.6 Å². The summed E-state index contributed by atoms with van der Waals surface area (Å²) in [4.78, 5) is 19.6. The third-order valence-corrected chi connectivity index (χ3v) is 2.21. The lowest BCUT2D eigenvalue weighted by atomic mass is 10.2. The third kappa shape index (κ3) is 6.72. The molecule has 1 amide bonds. The van der Waals surface area contributed by atoms with Gasteiger partial charge in [0.05, 0.1) is 18.1 Å². The Kier molecular flexibility index (Phi) is 5.49. The molecule has 0 aliphatic rings. The summed E-state index contributed by atoms with van der Waals surface area (Å²) in [5.41, 5.74) is 5.73. The van der Waals surface area contributed by atoms with Gasteiger partial charge in [0.1, 0.15) is 11.4 Å². The number of amides is 1. The maximum absolute atomic E-state index is 11.6. The first kappa shape index (κ1) is 15.9. The van der Waals surface area contributed by atoms with Crippen molar-refractivity contribution in [1.29, 1.82) is 0 Å². The average Bonchev–Trinajstić information content (AvgIpc) is 2.25. The average molecular weight is 278 g/mol. The molecule has 0 aliphatic carbocycles. The highest BCUT2D eigenvalue weighted by molar-refractivity contribution is 5.68. The highest BCUT2D eigenvalue weighted by Gasteiger charge is 2.17. The predicted molar refractivity (Wildman–Crippen MR) is 78.9 cm³/mol. The molecule has 110 valence electrons. The van der Waals surface area contributed by atoms with E-state index in [1.165, 1.54) is 6.20 Å². The van der Waals surface area contributed by atoms with Crippen LogP contribution in [0.15, 0.2) is 18.5 Å². The Morgan fingerprint density at radius 2 is 2.20 bits per heavy atom. The summed E-state index contributed by atoms with van der Waals surface area (Å²) in [5.74, 6) is 0.382. The molecule has 6 heteroatoms. The summed E-state index contributed by atoms with van der Waals surface area (Å²) in [5, 5.41) is 2.76. The van der Waals surface area contributed by atoms with Crippen molar-refractivity contribution in [2.75, 3.05) is 5.73 Å². The molecule has 0 saturated carbocycles. The van der Waals surface area contributed by atoms with Crippen molar-refractivity contribution in [2.45, 2.75) is 45.8 Å². The molecule has 0 unspecified atom stereocenters. The summed E-state index contributed by atoms with van der Waals surface area (Å²) in [7, 11) is 0. The molecule has 3 N–H and O–H groups in total. The highest BCUT2D eigenvalue weighted by Crippen LogP contribution is 2.07. The molecule has 1 rings (SSSR count). The molecule has 0 spiro atoms. The van der Waals surface area contributed by atoms with Crippen LogP contribution >= 0.6 is 0 Å². The number of nitrogen functional groups attached to an aromatic ring is 1. The summed E-state index contributed by atoms with van der Waals surface area (Å²) in [6.45, 7) is 7.39. The maximum atomic E-state index is 11.6. The van der Waals surface area contributed by atoms with Crippen LogP contribution in [0.5, 0.6) is 0 Å². The van der Waals surface area contributed by atoms with E-state index in [-0.39, 0.29) is 6.04 Å². The highest BCUT2D eigenvalue weighted by atomic mass is 16.6. The van der Waals surface area contributed by atoms with E-state index in [0.717, 1.165) is 0 Å². The number of alkyl carbamates (subject to hydrolysis) is 1. The second-order valence-corrected chi connectivity index (χ2v) is 5.55. The lowest BCUT2D eigenvalue weighted by Crippen LogP contribution is -2.37. The Bertz CT molecular complexity index is 480. The molecule has 0 saturated heterocycles. The van der Waals surface area contributed by atoms with Gasteiger partial charge in [-0.2, -0.15) is 0 Å². The van der Waals surface area contributed by atoms with E-state index in [1.54, 1.807) is 6.20 Å². The van der Waals surface area contributed by atoms with E-state index in [9.17, 15) is 4.79 Å². The van der Waals surface area contributed by atoms with Gasteiger partial charge in [0, 0.05) is 6.04 Å². The van der Waals surface area contributed by atoms with Gasteiger partial charge in [-0.05, 0) is 40.2 Å². The van der Waals surface area contributed by atoms with Crippen LogP contribution in [0.2, 0.25) is 0 Å². The number of hydrogen-bond donors (Lipinski definition) is 2. The molecule has 1 heterocycles. The van der Waals surface area contributed by atoms with Gasteiger partial charge in [-0.25, -0.2) is 9.78 Å². The number of nitrogens with zero attached hydrogens (tertiary/aromatic N) is 2. The molecular weight excluding hydrogens is 256 g/mol. The van der Waals surface area contributed by atoms with Gasteiger partial charge in [0.25, 0.3) is 0 Å². The summed E-state index contributed by atoms with van der Waals surface area (Å²) >= 11 is 0. The molecule has 0 bridgehead atoms. The Morgan fingerprint density at radius 3 is 2.80 bits per heavy atom. The Morgan fingerprint density at radius 1 is 1.50 bits per heavy atom. The van der Waals surface area contributed by atoms with E-state index >= 15 is 0 Å². The molecule has 20 heavy (non-hydrogen) atoms. The van der Waals surface area contributed by atoms with E-state index in [0.29, 0.717) is 17.9 Å². The van der Waals surface area contributed by atoms with Crippen molar-refractivity contribution >= 4 is 18.0 Å². The van der Waals surface area contributed by atoms with Crippen LogP contribution in [0.3, 0.4) is 0 Å². The quantitative estimate of drug-likeness (QED) is 0.882. The normalized spacial score (nSPS) is 13.2. The van der Waals surface area contributed by atoms with Crippen LogP contribution < -0.4 is 11.1 Å². The number of carbonyl (C=O) groups is 1. The molecule has 6 nitrogen and oxygen atoms in total.